The number of hydrogen-bond donors (Lipinski definition) is 0. The van der Waals surface area contributed by atoms with Crippen molar-refractivity contribution in [2.24, 2.45) is 5.92 Å². The first-order valence-electron chi connectivity index (χ1n) is 28.9. The molecule has 380 valence electrons. The Hall–Kier alpha value is -1.59. The Bertz CT molecular complexity index is 966. The summed E-state index contributed by atoms with van der Waals surface area (Å²) in [5.41, 5.74) is 0. The number of esters is 3. The Kier molecular flexibility index (Phi) is 51.1. The minimum Gasteiger partial charge on any atom is -0.462 e. The van der Waals surface area contributed by atoms with Crippen LogP contribution in [0.1, 0.15) is 329 Å². The molecule has 0 aromatic rings. The van der Waals surface area contributed by atoms with Crippen LogP contribution in [0.25, 0.3) is 0 Å². The minimum absolute atomic E-state index is 0.0632. The fraction of sp³-hybridized carbons (Fsp3) is 0.948. The Morgan fingerprint density at radius 3 is 0.812 bits per heavy atom. The van der Waals surface area contributed by atoms with Gasteiger partial charge in [-0.15, -0.1) is 0 Å². The van der Waals surface area contributed by atoms with Gasteiger partial charge in [-0.3, -0.25) is 14.4 Å². The van der Waals surface area contributed by atoms with Crippen molar-refractivity contribution >= 4 is 17.9 Å². The number of unbranched alkanes of at least 4 members (excludes halogenated alkanes) is 39. The van der Waals surface area contributed by atoms with Crippen LogP contribution in [-0.2, 0) is 28.6 Å². The van der Waals surface area contributed by atoms with Crippen molar-refractivity contribution in [3.63, 3.8) is 0 Å². The van der Waals surface area contributed by atoms with Gasteiger partial charge in [-0.05, 0) is 25.2 Å². The molecule has 64 heavy (non-hydrogen) atoms. The first-order chi connectivity index (χ1) is 31.4. The lowest BCUT2D eigenvalue weighted by atomic mass is 9.99. The van der Waals surface area contributed by atoms with Crippen molar-refractivity contribution in [3.05, 3.63) is 0 Å². The molecule has 0 rings (SSSR count). The van der Waals surface area contributed by atoms with E-state index in [4.69, 9.17) is 14.2 Å². The van der Waals surface area contributed by atoms with Crippen LogP contribution in [0.3, 0.4) is 0 Å². The van der Waals surface area contributed by atoms with Crippen molar-refractivity contribution in [2.45, 2.75) is 336 Å². The lowest BCUT2D eigenvalue weighted by Crippen LogP contribution is -2.30. The number of carbonyl (C=O) groups is 3. The molecule has 0 aliphatic carbocycles. The molecule has 0 fully saturated rings. The fourth-order valence-corrected chi connectivity index (χ4v) is 8.89. The van der Waals surface area contributed by atoms with E-state index in [0.717, 1.165) is 70.1 Å². The topological polar surface area (TPSA) is 78.9 Å². The SMILES string of the molecule is CCCCCCCCCCCCCCCCCCCCCC(=O)OC[C@@H](COC(=O)CCCCCCC)OC(=O)CCCCCCCCCCCCCCCCCCCCC(C)CC. The molecule has 0 N–H and O–H groups in total. The number of hydrogen-bond acceptors (Lipinski definition) is 6. The highest BCUT2D eigenvalue weighted by Gasteiger charge is 2.19. The van der Waals surface area contributed by atoms with E-state index in [1.807, 2.05) is 0 Å². The van der Waals surface area contributed by atoms with E-state index < -0.39 is 6.10 Å². The number of carbonyl (C=O) groups excluding carboxylic acids is 3. The van der Waals surface area contributed by atoms with Gasteiger partial charge >= 0.3 is 17.9 Å². The molecule has 0 heterocycles. The second-order valence-electron chi connectivity index (χ2n) is 20.2. The summed E-state index contributed by atoms with van der Waals surface area (Å²) in [5, 5.41) is 0. The standard InChI is InChI=1S/C58H112O6/c1-5-8-10-12-13-14-15-16-17-18-19-23-26-29-32-35-38-42-46-50-57(60)63-53-55(52-62-56(59)49-45-40-11-9-6-2)64-58(61)51-47-43-39-36-33-30-27-24-21-20-22-25-28-31-34-37-41-44-48-54(4)7-3/h54-55H,5-53H2,1-4H3/t54?,55-/m1/s1. The molecule has 6 heteroatoms. The van der Waals surface area contributed by atoms with Gasteiger partial charge in [-0.1, -0.05) is 291 Å². The summed E-state index contributed by atoms with van der Waals surface area (Å²) in [7, 11) is 0. The van der Waals surface area contributed by atoms with E-state index in [0.29, 0.717) is 19.3 Å². The summed E-state index contributed by atoms with van der Waals surface area (Å²) < 4.78 is 16.7. The molecule has 2 atom stereocenters. The zero-order chi connectivity index (χ0) is 46.7. The average Bonchev–Trinajstić information content (AvgIpc) is 3.29. The van der Waals surface area contributed by atoms with Gasteiger partial charge in [0.25, 0.3) is 0 Å². The lowest BCUT2D eigenvalue weighted by molar-refractivity contribution is -0.167. The third-order valence-electron chi connectivity index (χ3n) is 13.7. The molecule has 6 nitrogen and oxygen atoms in total. The van der Waals surface area contributed by atoms with Crippen molar-refractivity contribution in [1.82, 2.24) is 0 Å². The molecule has 0 aromatic carbocycles. The first-order valence-corrected chi connectivity index (χ1v) is 28.9. The molecule has 1 unspecified atom stereocenters. The van der Waals surface area contributed by atoms with Crippen LogP contribution in [0, 0.1) is 5.92 Å². The summed E-state index contributed by atoms with van der Waals surface area (Å²) >= 11 is 0. The molecule has 0 radical (unpaired) electrons. The fourth-order valence-electron chi connectivity index (χ4n) is 8.89. The molecule has 0 saturated heterocycles. The molecule has 0 amide bonds. The van der Waals surface area contributed by atoms with Gasteiger partial charge in [0.1, 0.15) is 13.2 Å². The van der Waals surface area contributed by atoms with Crippen LogP contribution >= 0.6 is 0 Å². The monoisotopic (exact) mass is 905 g/mol. The molecule has 0 aromatic heterocycles. The van der Waals surface area contributed by atoms with Gasteiger partial charge in [-0.25, -0.2) is 0 Å². The second kappa shape index (κ2) is 52.4. The second-order valence-corrected chi connectivity index (χ2v) is 20.2. The number of ether oxygens (including phenoxy) is 3. The summed E-state index contributed by atoms with van der Waals surface area (Å²) in [6.45, 7) is 9.02. The lowest BCUT2D eigenvalue weighted by Gasteiger charge is -2.18. The van der Waals surface area contributed by atoms with Gasteiger partial charge in [0.05, 0.1) is 0 Å². The zero-order valence-corrected chi connectivity index (χ0v) is 43.8. The van der Waals surface area contributed by atoms with E-state index in [1.54, 1.807) is 0 Å². The maximum atomic E-state index is 12.8. The molecule has 0 aliphatic heterocycles. The first kappa shape index (κ1) is 62.4. The van der Waals surface area contributed by atoms with Gasteiger partial charge < -0.3 is 14.2 Å². The molecular formula is C58H112O6. The summed E-state index contributed by atoms with van der Waals surface area (Å²) in [6, 6.07) is 0. The predicted octanol–water partition coefficient (Wildman–Crippen LogP) is 19.0. The highest BCUT2D eigenvalue weighted by molar-refractivity contribution is 5.71. The van der Waals surface area contributed by atoms with E-state index in [2.05, 4.69) is 27.7 Å². The van der Waals surface area contributed by atoms with Crippen LogP contribution in [0.2, 0.25) is 0 Å². The third-order valence-corrected chi connectivity index (χ3v) is 13.7. The van der Waals surface area contributed by atoms with Gasteiger partial charge in [0.2, 0.25) is 0 Å². The van der Waals surface area contributed by atoms with E-state index in [1.165, 1.54) is 218 Å². The predicted molar refractivity (Wildman–Crippen MR) is 275 cm³/mol. The number of rotatable bonds is 53. The summed E-state index contributed by atoms with van der Waals surface area (Å²) in [5.74, 6) is 0.0565. The molecule has 0 saturated carbocycles. The normalized spacial score (nSPS) is 12.4. The van der Waals surface area contributed by atoms with Crippen molar-refractivity contribution in [3.8, 4) is 0 Å². The molecular weight excluding hydrogens is 793 g/mol. The molecule has 0 spiro atoms. The zero-order valence-electron chi connectivity index (χ0n) is 43.8. The largest absolute Gasteiger partial charge is 0.462 e. The summed E-state index contributed by atoms with van der Waals surface area (Å²) in [6.07, 6.45) is 57.1. The van der Waals surface area contributed by atoms with Gasteiger partial charge in [-0.2, -0.15) is 0 Å². The molecule has 0 aliphatic rings. The van der Waals surface area contributed by atoms with Crippen molar-refractivity contribution in [1.29, 1.82) is 0 Å². The maximum Gasteiger partial charge on any atom is 0.306 e. The maximum absolute atomic E-state index is 12.8. The summed E-state index contributed by atoms with van der Waals surface area (Å²) in [4.78, 5) is 37.8. The average molecular weight is 906 g/mol. The Balaban J connectivity index is 4.03. The van der Waals surface area contributed by atoms with E-state index in [-0.39, 0.29) is 31.1 Å². The van der Waals surface area contributed by atoms with E-state index in [9.17, 15) is 14.4 Å². The van der Waals surface area contributed by atoms with Crippen LogP contribution in [-0.4, -0.2) is 37.2 Å². The van der Waals surface area contributed by atoms with Crippen LogP contribution in [0.15, 0.2) is 0 Å². The Morgan fingerprint density at radius 2 is 0.547 bits per heavy atom. The van der Waals surface area contributed by atoms with Crippen molar-refractivity contribution < 1.29 is 28.6 Å². The Labute approximate surface area is 399 Å². The highest BCUT2D eigenvalue weighted by atomic mass is 16.6. The van der Waals surface area contributed by atoms with Gasteiger partial charge in [0, 0.05) is 19.3 Å². The quantitative estimate of drug-likeness (QED) is 0.0344. The highest BCUT2D eigenvalue weighted by Crippen LogP contribution is 2.18. The van der Waals surface area contributed by atoms with Gasteiger partial charge in [0.15, 0.2) is 6.10 Å². The van der Waals surface area contributed by atoms with Crippen LogP contribution in [0.5, 0.6) is 0 Å². The molecule has 0 bridgehead atoms. The van der Waals surface area contributed by atoms with Crippen LogP contribution in [0.4, 0.5) is 0 Å². The minimum atomic E-state index is -0.760. The van der Waals surface area contributed by atoms with Crippen LogP contribution < -0.4 is 0 Å². The third kappa shape index (κ3) is 49.8. The smallest absolute Gasteiger partial charge is 0.306 e. The van der Waals surface area contributed by atoms with Crippen molar-refractivity contribution in [2.75, 3.05) is 13.2 Å². The van der Waals surface area contributed by atoms with E-state index >= 15 is 0 Å². The Morgan fingerprint density at radius 1 is 0.312 bits per heavy atom.